The Bertz CT molecular complexity index is 474. The molecule has 1 rings (SSSR count). The Morgan fingerprint density at radius 2 is 1.86 bits per heavy atom. The lowest BCUT2D eigenvalue weighted by molar-refractivity contribution is 0.0500. The first-order valence-electron chi connectivity index (χ1n) is 7.36. The van der Waals surface area contributed by atoms with Crippen LogP contribution < -0.4 is 5.32 Å². The summed E-state index contributed by atoms with van der Waals surface area (Å²) in [7, 11) is 3.28. The molecule has 22 heavy (non-hydrogen) atoms. The van der Waals surface area contributed by atoms with E-state index in [4.69, 9.17) is 9.47 Å². The molecule has 1 N–H and O–H groups in total. The highest BCUT2D eigenvalue weighted by Crippen LogP contribution is 2.11. The number of unbranched alkanes of at least 4 members (excludes halogenated alkanes) is 1. The molecule has 0 saturated heterocycles. The van der Waals surface area contributed by atoms with E-state index in [1.165, 1.54) is 4.90 Å². The van der Waals surface area contributed by atoms with Gasteiger partial charge in [-0.25, -0.2) is 9.59 Å². The number of carbonyl (C=O) groups excluding carboxylic acids is 2. The van der Waals surface area contributed by atoms with Crippen LogP contribution in [0.5, 0.6) is 0 Å². The van der Waals surface area contributed by atoms with Crippen molar-refractivity contribution in [2.45, 2.75) is 19.8 Å². The number of likely N-dealkylation sites (N-methyl/N-ethyl adjacent to an activating group) is 1. The minimum atomic E-state index is -0.344. The van der Waals surface area contributed by atoms with E-state index < -0.39 is 0 Å². The molecular weight excluding hydrogens is 284 g/mol. The maximum Gasteiger partial charge on any atom is 0.338 e. The molecule has 1 aromatic rings. The second-order valence-electron chi connectivity index (χ2n) is 4.91. The van der Waals surface area contributed by atoms with Crippen LogP contribution in [0.15, 0.2) is 24.3 Å². The lowest BCUT2D eigenvalue weighted by Crippen LogP contribution is -2.33. The standard InChI is InChI=1S/C16H24N2O4/c1-4-5-11-22-15(19)13-6-8-14(9-7-13)17-16(20)18(2)10-12-21-3/h6-9H,4-5,10-12H2,1-3H3,(H,17,20). The van der Waals surface area contributed by atoms with Crippen molar-refractivity contribution in [3.8, 4) is 0 Å². The number of rotatable bonds is 8. The number of hydrogen-bond acceptors (Lipinski definition) is 4. The molecule has 0 spiro atoms. The van der Waals surface area contributed by atoms with Gasteiger partial charge in [0.15, 0.2) is 0 Å². The highest BCUT2D eigenvalue weighted by molar-refractivity contribution is 5.92. The number of ether oxygens (including phenoxy) is 2. The van der Waals surface area contributed by atoms with Crippen LogP contribution in [0.25, 0.3) is 0 Å². The maximum absolute atomic E-state index is 11.9. The topological polar surface area (TPSA) is 67.9 Å². The maximum atomic E-state index is 11.9. The Kier molecular flexibility index (Phi) is 7.99. The zero-order valence-corrected chi connectivity index (χ0v) is 13.4. The Labute approximate surface area is 131 Å². The van der Waals surface area contributed by atoms with E-state index in [2.05, 4.69) is 5.32 Å². The number of carbonyl (C=O) groups is 2. The quantitative estimate of drug-likeness (QED) is 0.592. The fourth-order valence-corrected chi connectivity index (χ4v) is 1.63. The van der Waals surface area contributed by atoms with Gasteiger partial charge < -0.3 is 19.7 Å². The summed E-state index contributed by atoms with van der Waals surface area (Å²) in [5.74, 6) is -0.344. The molecular formula is C16H24N2O4. The zero-order chi connectivity index (χ0) is 16.4. The minimum Gasteiger partial charge on any atom is -0.462 e. The number of anilines is 1. The van der Waals surface area contributed by atoms with Gasteiger partial charge in [0, 0.05) is 26.4 Å². The van der Waals surface area contributed by atoms with E-state index in [1.54, 1.807) is 38.4 Å². The van der Waals surface area contributed by atoms with Crippen molar-refractivity contribution >= 4 is 17.7 Å². The summed E-state index contributed by atoms with van der Waals surface area (Å²) < 4.78 is 10.0. The van der Waals surface area contributed by atoms with Crippen molar-refractivity contribution < 1.29 is 19.1 Å². The molecule has 0 aliphatic carbocycles. The Morgan fingerprint density at radius 3 is 2.45 bits per heavy atom. The lowest BCUT2D eigenvalue weighted by atomic mass is 10.2. The largest absolute Gasteiger partial charge is 0.462 e. The molecule has 0 unspecified atom stereocenters. The zero-order valence-electron chi connectivity index (χ0n) is 13.4. The van der Waals surface area contributed by atoms with Gasteiger partial charge in [0.2, 0.25) is 0 Å². The van der Waals surface area contributed by atoms with Crippen molar-refractivity contribution in [2.75, 3.05) is 39.2 Å². The van der Waals surface area contributed by atoms with Gasteiger partial charge in [-0.1, -0.05) is 13.3 Å². The molecule has 0 fully saturated rings. The van der Waals surface area contributed by atoms with Crippen LogP contribution in [0.2, 0.25) is 0 Å². The molecule has 0 heterocycles. The van der Waals surface area contributed by atoms with E-state index in [0.29, 0.717) is 31.0 Å². The second-order valence-corrected chi connectivity index (χ2v) is 4.91. The van der Waals surface area contributed by atoms with Gasteiger partial charge in [-0.2, -0.15) is 0 Å². The van der Waals surface area contributed by atoms with Crippen molar-refractivity contribution in [1.29, 1.82) is 0 Å². The molecule has 1 aromatic carbocycles. The van der Waals surface area contributed by atoms with Gasteiger partial charge in [0.1, 0.15) is 0 Å². The fraction of sp³-hybridized carbons (Fsp3) is 0.500. The van der Waals surface area contributed by atoms with Gasteiger partial charge in [-0.05, 0) is 30.7 Å². The molecule has 0 saturated carbocycles. The molecule has 0 atom stereocenters. The second kappa shape index (κ2) is 9.78. The molecule has 0 aromatic heterocycles. The number of nitrogens with one attached hydrogen (secondary N) is 1. The SMILES string of the molecule is CCCCOC(=O)c1ccc(NC(=O)N(C)CCOC)cc1. The first-order valence-corrected chi connectivity index (χ1v) is 7.36. The summed E-state index contributed by atoms with van der Waals surface area (Å²) in [6, 6.07) is 6.41. The van der Waals surface area contributed by atoms with E-state index in [0.717, 1.165) is 12.8 Å². The highest BCUT2D eigenvalue weighted by atomic mass is 16.5. The van der Waals surface area contributed by atoms with Crippen LogP contribution in [0.1, 0.15) is 30.1 Å². The average molecular weight is 308 g/mol. The normalized spacial score (nSPS) is 10.1. The molecule has 0 radical (unpaired) electrons. The van der Waals surface area contributed by atoms with Crippen molar-refractivity contribution in [3.05, 3.63) is 29.8 Å². The third kappa shape index (κ3) is 6.13. The third-order valence-electron chi connectivity index (χ3n) is 3.08. The van der Waals surface area contributed by atoms with Crippen molar-refractivity contribution in [3.63, 3.8) is 0 Å². The molecule has 0 bridgehead atoms. The molecule has 0 aliphatic heterocycles. The summed E-state index contributed by atoms with van der Waals surface area (Å²) in [4.78, 5) is 25.2. The van der Waals surface area contributed by atoms with Crippen LogP contribution in [0.3, 0.4) is 0 Å². The summed E-state index contributed by atoms with van der Waals surface area (Å²) in [5.41, 5.74) is 1.10. The Morgan fingerprint density at radius 1 is 1.18 bits per heavy atom. The molecule has 6 heteroatoms. The summed E-state index contributed by atoms with van der Waals surface area (Å²) in [6.07, 6.45) is 1.84. The lowest BCUT2D eigenvalue weighted by Gasteiger charge is -2.17. The van der Waals surface area contributed by atoms with Gasteiger partial charge >= 0.3 is 12.0 Å². The number of esters is 1. The number of benzene rings is 1. The Hall–Kier alpha value is -2.08. The predicted molar refractivity (Wildman–Crippen MR) is 85.2 cm³/mol. The average Bonchev–Trinajstić information content (AvgIpc) is 2.53. The van der Waals surface area contributed by atoms with Crippen LogP contribution in [0, 0.1) is 0 Å². The molecule has 122 valence electrons. The van der Waals surface area contributed by atoms with Crippen LogP contribution in [-0.2, 0) is 9.47 Å². The van der Waals surface area contributed by atoms with Gasteiger partial charge in [0.25, 0.3) is 0 Å². The van der Waals surface area contributed by atoms with Gasteiger partial charge in [-0.15, -0.1) is 0 Å². The molecule has 6 nitrogen and oxygen atoms in total. The number of methoxy groups -OCH3 is 1. The highest BCUT2D eigenvalue weighted by Gasteiger charge is 2.10. The first kappa shape index (κ1) is 18.0. The fourth-order valence-electron chi connectivity index (χ4n) is 1.63. The van der Waals surface area contributed by atoms with Crippen LogP contribution in [0.4, 0.5) is 10.5 Å². The first-order chi connectivity index (χ1) is 10.6. The predicted octanol–water partition coefficient (Wildman–Crippen LogP) is 2.75. The number of amides is 2. The third-order valence-corrected chi connectivity index (χ3v) is 3.08. The van der Waals surface area contributed by atoms with Crippen molar-refractivity contribution in [1.82, 2.24) is 4.90 Å². The van der Waals surface area contributed by atoms with Gasteiger partial charge in [-0.3, -0.25) is 0 Å². The monoisotopic (exact) mass is 308 g/mol. The Balaban J connectivity index is 2.50. The number of nitrogens with zero attached hydrogens (tertiary/aromatic N) is 1. The molecule has 0 aliphatic rings. The smallest absolute Gasteiger partial charge is 0.338 e. The van der Waals surface area contributed by atoms with E-state index in [1.807, 2.05) is 6.92 Å². The molecule has 2 amide bonds. The number of urea groups is 1. The minimum absolute atomic E-state index is 0.227. The van der Waals surface area contributed by atoms with E-state index in [-0.39, 0.29) is 12.0 Å². The number of hydrogen-bond donors (Lipinski definition) is 1. The van der Waals surface area contributed by atoms with Crippen molar-refractivity contribution in [2.24, 2.45) is 0 Å². The van der Waals surface area contributed by atoms with Gasteiger partial charge in [0.05, 0.1) is 18.8 Å². The van der Waals surface area contributed by atoms with E-state index >= 15 is 0 Å². The van der Waals surface area contributed by atoms with E-state index in [9.17, 15) is 9.59 Å². The van der Waals surface area contributed by atoms with Crippen LogP contribution in [-0.4, -0.2) is 50.8 Å². The summed E-state index contributed by atoms with van der Waals surface area (Å²) in [5, 5.41) is 2.75. The summed E-state index contributed by atoms with van der Waals surface area (Å²) >= 11 is 0. The van der Waals surface area contributed by atoms with Crippen LogP contribution >= 0.6 is 0 Å². The summed E-state index contributed by atoms with van der Waals surface area (Å²) in [6.45, 7) is 3.45.